The first-order valence-electron chi connectivity index (χ1n) is 4.33. The smallest absolute Gasteiger partial charge is 0.303 e. The molecular formula is C8H16NO4P. The van der Waals surface area contributed by atoms with E-state index in [-0.39, 0.29) is 11.8 Å². The molecule has 0 spiro atoms. The molecule has 2 N–H and O–H groups in total. The molecule has 0 fully saturated rings. The number of nitrogens with zero attached hydrogens (tertiary/aromatic N) is 1. The van der Waals surface area contributed by atoms with Crippen LogP contribution in [0.2, 0.25) is 0 Å². The fourth-order valence-corrected chi connectivity index (χ4v) is 2.21. The van der Waals surface area contributed by atoms with Crippen molar-refractivity contribution in [2.24, 2.45) is 11.8 Å². The molecule has 0 rings (SSSR count). The van der Waals surface area contributed by atoms with Crippen LogP contribution in [-0.4, -0.2) is 15.4 Å². The van der Waals surface area contributed by atoms with E-state index in [1.165, 1.54) is 0 Å². The number of nitriles is 1. The molecule has 82 valence electrons. The van der Waals surface area contributed by atoms with E-state index in [1.807, 2.05) is 6.07 Å². The molecule has 0 atom stereocenters. The predicted molar refractivity (Wildman–Crippen MR) is 51.1 cm³/mol. The van der Waals surface area contributed by atoms with Crippen LogP contribution in [0.5, 0.6) is 0 Å². The number of phosphoric ester groups is 1. The first-order valence-corrected chi connectivity index (χ1v) is 5.86. The maximum atomic E-state index is 10.7. The van der Waals surface area contributed by atoms with E-state index < -0.39 is 13.4 Å². The fourth-order valence-electron chi connectivity index (χ4n) is 1.35. The lowest BCUT2D eigenvalue weighted by Crippen LogP contribution is -2.41. The topological polar surface area (TPSA) is 90.5 Å². The quantitative estimate of drug-likeness (QED) is 0.704. The van der Waals surface area contributed by atoms with Crippen LogP contribution in [0.1, 0.15) is 27.7 Å². The highest BCUT2D eigenvalue weighted by Crippen LogP contribution is 2.46. The maximum absolute atomic E-state index is 10.7. The van der Waals surface area contributed by atoms with Crippen LogP contribution in [0, 0.1) is 23.2 Å². The predicted octanol–water partition coefficient (Wildman–Crippen LogP) is 1.67. The number of rotatable bonds is 4. The second-order valence-corrected chi connectivity index (χ2v) is 4.96. The van der Waals surface area contributed by atoms with Gasteiger partial charge in [-0.15, -0.1) is 0 Å². The molecule has 0 aromatic carbocycles. The van der Waals surface area contributed by atoms with Gasteiger partial charge < -0.3 is 9.79 Å². The SMILES string of the molecule is CC(C)C(C#N)(OP(=O)(O)O)C(C)C. The van der Waals surface area contributed by atoms with E-state index in [1.54, 1.807) is 27.7 Å². The molecule has 0 bridgehead atoms. The van der Waals surface area contributed by atoms with Crippen molar-refractivity contribution < 1.29 is 18.9 Å². The van der Waals surface area contributed by atoms with Gasteiger partial charge in [-0.05, 0) is 11.8 Å². The van der Waals surface area contributed by atoms with Gasteiger partial charge in [0.05, 0.1) is 6.07 Å². The zero-order chi connectivity index (χ0) is 11.6. The highest BCUT2D eigenvalue weighted by molar-refractivity contribution is 7.46. The second-order valence-electron chi connectivity index (χ2n) is 3.80. The minimum atomic E-state index is -4.63. The van der Waals surface area contributed by atoms with Gasteiger partial charge in [0.25, 0.3) is 0 Å². The molecule has 0 aromatic heterocycles. The van der Waals surface area contributed by atoms with Crippen molar-refractivity contribution in [1.29, 1.82) is 5.26 Å². The van der Waals surface area contributed by atoms with E-state index in [4.69, 9.17) is 15.0 Å². The summed E-state index contributed by atoms with van der Waals surface area (Å²) in [4.78, 5) is 17.4. The minimum absolute atomic E-state index is 0.292. The Hall–Kier alpha value is -0.400. The zero-order valence-corrected chi connectivity index (χ0v) is 9.65. The van der Waals surface area contributed by atoms with Crippen LogP contribution in [0.15, 0.2) is 0 Å². The molecule has 0 aliphatic heterocycles. The first-order chi connectivity index (χ1) is 6.15. The maximum Gasteiger partial charge on any atom is 0.471 e. The van der Waals surface area contributed by atoms with Gasteiger partial charge in [-0.1, -0.05) is 27.7 Å². The van der Waals surface area contributed by atoms with Crippen molar-refractivity contribution in [3.05, 3.63) is 0 Å². The average molecular weight is 221 g/mol. The summed E-state index contributed by atoms with van der Waals surface area (Å²) < 4.78 is 15.3. The normalized spacial score (nSPS) is 13.4. The highest BCUT2D eigenvalue weighted by Gasteiger charge is 2.44. The Bertz CT molecular complexity index is 268. The Kier molecular flexibility index (Phi) is 4.29. The number of hydrogen-bond donors (Lipinski definition) is 2. The monoisotopic (exact) mass is 221 g/mol. The molecule has 5 nitrogen and oxygen atoms in total. The van der Waals surface area contributed by atoms with Crippen molar-refractivity contribution in [1.82, 2.24) is 0 Å². The van der Waals surface area contributed by atoms with Gasteiger partial charge in [0, 0.05) is 0 Å². The van der Waals surface area contributed by atoms with Gasteiger partial charge in [0.15, 0.2) is 5.60 Å². The largest absolute Gasteiger partial charge is 0.471 e. The number of hydrogen-bond acceptors (Lipinski definition) is 3. The van der Waals surface area contributed by atoms with Gasteiger partial charge >= 0.3 is 7.82 Å². The molecule has 0 unspecified atom stereocenters. The standard InChI is InChI=1S/C8H16NO4P/c1-6(2)8(5-9,7(3)4)13-14(10,11)12/h6-7H,1-4H3,(H2,10,11,12). The molecule has 0 aliphatic rings. The zero-order valence-electron chi connectivity index (χ0n) is 8.76. The van der Waals surface area contributed by atoms with Crippen LogP contribution >= 0.6 is 7.82 Å². The molecule has 6 heteroatoms. The summed E-state index contributed by atoms with van der Waals surface area (Å²) in [7, 11) is -4.63. The summed E-state index contributed by atoms with van der Waals surface area (Å²) in [5.41, 5.74) is -1.43. The molecule has 0 amide bonds. The molecule has 0 aromatic rings. The molecule has 0 saturated carbocycles. The van der Waals surface area contributed by atoms with Gasteiger partial charge in [-0.3, -0.25) is 4.52 Å². The van der Waals surface area contributed by atoms with E-state index in [0.717, 1.165) is 0 Å². The lowest BCUT2D eigenvalue weighted by atomic mass is 9.82. The lowest BCUT2D eigenvalue weighted by molar-refractivity contribution is 0.00537. The van der Waals surface area contributed by atoms with Crippen molar-refractivity contribution in [2.45, 2.75) is 33.3 Å². The van der Waals surface area contributed by atoms with E-state index >= 15 is 0 Å². The van der Waals surface area contributed by atoms with Gasteiger partial charge in [-0.2, -0.15) is 5.26 Å². The van der Waals surface area contributed by atoms with Crippen LogP contribution in [0.3, 0.4) is 0 Å². The molecule has 0 radical (unpaired) electrons. The van der Waals surface area contributed by atoms with Crippen molar-refractivity contribution in [3.8, 4) is 6.07 Å². The van der Waals surface area contributed by atoms with Gasteiger partial charge in [0.2, 0.25) is 0 Å². The van der Waals surface area contributed by atoms with Gasteiger partial charge in [0.1, 0.15) is 0 Å². The third kappa shape index (κ3) is 3.07. The molecule has 0 heterocycles. The van der Waals surface area contributed by atoms with Crippen LogP contribution in [0.25, 0.3) is 0 Å². The Morgan fingerprint density at radius 3 is 1.71 bits per heavy atom. The fraction of sp³-hybridized carbons (Fsp3) is 0.875. The summed E-state index contributed by atoms with van der Waals surface area (Å²) in [5, 5.41) is 8.96. The summed E-state index contributed by atoms with van der Waals surface area (Å²) in [6, 6.07) is 1.86. The lowest BCUT2D eigenvalue weighted by Gasteiger charge is -2.34. The van der Waals surface area contributed by atoms with Crippen molar-refractivity contribution in [3.63, 3.8) is 0 Å². The molecule has 0 aliphatic carbocycles. The molecule has 0 saturated heterocycles. The summed E-state index contributed by atoms with van der Waals surface area (Å²) in [6.07, 6.45) is 0. The minimum Gasteiger partial charge on any atom is -0.303 e. The Morgan fingerprint density at radius 1 is 1.29 bits per heavy atom. The van der Waals surface area contributed by atoms with Crippen molar-refractivity contribution >= 4 is 7.82 Å². The third-order valence-electron chi connectivity index (χ3n) is 2.16. The molecular weight excluding hydrogens is 205 g/mol. The van der Waals surface area contributed by atoms with Crippen molar-refractivity contribution in [2.75, 3.05) is 0 Å². The molecule has 14 heavy (non-hydrogen) atoms. The highest BCUT2D eigenvalue weighted by atomic mass is 31.2. The third-order valence-corrected chi connectivity index (χ3v) is 2.70. The first kappa shape index (κ1) is 13.6. The van der Waals surface area contributed by atoms with Crippen LogP contribution < -0.4 is 0 Å². The van der Waals surface area contributed by atoms with Gasteiger partial charge in [-0.25, -0.2) is 4.57 Å². The Morgan fingerprint density at radius 2 is 1.64 bits per heavy atom. The van der Waals surface area contributed by atoms with E-state index in [0.29, 0.717) is 0 Å². The summed E-state index contributed by atoms with van der Waals surface area (Å²) in [5.74, 6) is -0.583. The van der Waals surface area contributed by atoms with Crippen LogP contribution in [-0.2, 0) is 9.09 Å². The average Bonchev–Trinajstić information content (AvgIpc) is 1.97. The Labute approximate surface area is 83.9 Å². The van der Waals surface area contributed by atoms with E-state index in [2.05, 4.69) is 4.52 Å². The number of phosphoric acid groups is 1. The second kappa shape index (κ2) is 4.41. The summed E-state index contributed by atoms with van der Waals surface area (Å²) in [6.45, 7) is 6.77. The Balaban J connectivity index is 5.10. The van der Waals surface area contributed by atoms with Crippen LogP contribution in [0.4, 0.5) is 0 Å². The van der Waals surface area contributed by atoms with E-state index in [9.17, 15) is 4.57 Å². The summed E-state index contributed by atoms with van der Waals surface area (Å²) >= 11 is 0.